The Hall–Kier alpha value is -1.32. The van der Waals surface area contributed by atoms with E-state index < -0.39 is 0 Å². The average Bonchev–Trinajstić information content (AvgIpc) is 2.88. The molecule has 1 unspecified atom stereocenters. The van der Waals surface area contributed by atoms with E-state index in [2.05, 4.69) is 56.4 Å². The van der Waals surface area contributed by atoms with Crippen LogP contribution in [0.4, 0.5) is 0 Å². The van der Waals surface area contributed by atoms with Crippen molar-refractivity contribution in [1.82, 2.24) is 5.32 Å². The zero-order valence-electron chi connectivity index (χ0n) is 13.2. The molecule has 1 N–H and O–H groups in total. The maximum absolute atomic E-state index is 5.67. The third-order valence-corrected chi connectivity index (χ3v) is 4.35. The third-order valence-electron chi connectivity index (χ3n) is 3.33. The highest BCUT2D eigenvalue weighted by Gasteiger charge is 2.05. The summed E-state index contributed by atoms with van der Waals surface area (Å²) in [6.07, 6.45) is 2.13. The van der Waals surface area contributed by atoms with E-state index in [0.717, 1.165) is 31.7 Å². The zero-order chi connectivity index (χ0) is 15.1. The number of nitrogens with one attached hydrogen (secondary N) is 1. The largest absolute Gasteiger partial charge is 0.494 e. The SMILES string of the molecule is CCCOc1cccc(CNC(C)Cc2ccc(C)s2)c1. The van der Waals surface area contributed by atoms with Gasteiger partial charge in [0.15, 0.2) is 0 Å². The molecule has 2 nitrogen and oxygen atoms in total. The van der Waals surface area contributed by atoms with E-state index in [-0.39, 0.29) is 0 Å². The number of ether oxygens (including phenoxy) is 1. The molecule has 0 saturated carbocycles. The highest BCUT2D eigenvalue weighted by atomic mass is 32.1. The first-order chi connectivity index (χ1) is 10.2. The molecule has 0 radical (unpaired) electrons. The maximum Gasteiger partial charge on any atom is 0.119 e. The van der Waals surface area contributed by atoms with Gasteiger partial charge in [0.25, 0.3) is 0 Å². The molecule has 0 saturated heterocycles. The van der Waals surface area contributed by atoms with Gasteiger partial charge in [0.1, 0.15) is 5.75 Å². The molecule has 0 amide bonds. The van der Waals surface area contributed by atoms with Crippen molar-refractivity contribution >= 4 is 11.3 Å². The van der Waals surface area contributed by atoms with Gasteiger partial charge in [-0.1, -0.05) is 19.1 Å². The summed E-state index contributed by atoms with van der Waals surface area (Å²) < 4.78 is 5.67. The molecule has 0 fully saturated rings. The normalized spacial score (nSPS) is 12.3. The Labute approximate surface area is 132 Å². The van der Waals surface area contributed by atoms with E-state index in [0.29, 0.717) is 6.04 Å². The van der Waals surface area contributed by atoms with Gasteiger partial charge in [-0.25, -0.2) is 0 Å². The van der Waals surface area contributed by atoms with Crippen LogP contribution in [-0.4, -0.2) is 12.6 Å². The number of benzene rings is 1. The lowest BCUT2D eigenvalue weighted by molar-refractivity contribution is 0.317. The highest BCUT2D eigenvalue weighted by molar-refractivity contribution is 7.11. The monoisotopic (exact) mass is 303 g/mol. The van der Waals surface area contributed by atoms with Crippen LogP contribution >= 0.6 is 11.3 Å². The van der Waals surface area contributed by atoms with Gasteiger partial charge in [0.05, 0.1) is 6.61 Å². The van der Waals surface area contributed by atoms with Gasteiger partial charge < -0.3 is 10.1 Å². The molecule has 3 heteroatoms. The smallest absolute Gasteiger partial charge is 0.119 e. The quantitative estimate of drug-likeness (QED) is 0.771. The van der Waals surface area contributed by atoms with E-state index in [1.807, 2.05) is 17.4 Å². The van der Waals surface area contributed by atoms with Crippen LogP contribution < -0.4 is 10.1 Å². The van der Waals surface area contributed by atoms with Gasteiger partial charge in [-0.05, 0) is 56.5 Å². The van der Waals surface area contributed by atoms with Crippen molar-refractivity contribution in [2.45, 2.75) is 46.2 Å². The Morgan fingerprint density at radius 1 is 1.24 bits per heavy atom. The number of hydrogen-bond acceptors (Lipinski definition) is 3. The average molecular weight is 303 g/mol. The molecule has 2 aromatic rings. The third kappa shape index (κ3) is 5.52. The van der Waals surface area contributed by atoms with Crippen LogP contribution in [-0.2, 0) is 13.0 Å². The lowest BCUT2D eigenvalue weighted by Crippen LogP contribution is -2.27. The first-order valence-electron chi connectivity index (χ1n) is 7.68. The minimum absolute atomic E-state index is 0.475. The van der Waals surface area contributed by atoms with Crippen LogP contribution in [0.3, 0.4) is 0 Å². The van der Waals surface area contributed by atoms with Crippen molar-refractivity contribution in [3.63, 3.8) is 0 Å². The molecule has 21 heavy (non-hydrogen) atoms. The Balaban J connectivity index is 1.81. The number of thiophene rings is 1. The van der Waals surface area contributed by atoms with Crippen molar-refractivity contribution < 1.29 is 4.74 Å². The summed E-state index contributed by atoms with van der Waals surface area (Å²) in [5.41, 5.74) is 1.28. The first kappa shape index (κ1) is 16.1. The van der Waals surface area contributed by atoms with E-state index in [1.54, 1.807) is 0 Å². The molecule has 0 aliphatic heterocycles. The lowest BCUT2D eigenvalue weighted by atomic mass is 10.1. The van der Waals surface area contributed by atoms with Crippen LogP contribution in [0, 0.1) is 6.92 Å². The van der Waals surface area contributed by atoms with Crippen LogP contribution in [0.25, 0.3) is 0 Å². The Morgan fingerprint density at radius 2 is 2.10 bits per heavy atom. The molecule has 0 bridgehead atoms. The number of hydrogen-bond donors (Lipinski definition) is 1. The summed E-state index contributed by atoms with van der Waals surface area (Å²) in [6, 6.07) is 13.3. The van der Waals surface area contributed by atoms with Gasteiger partial charge in [0, 0.05) is 22.3 Å². The van der Waals surface area contributed by atoms with Gasteiger partial charge in [-0.15, -0.1) is 11.3 Å². The molecule has 1 aromatic carbocycles. The van der Waals surface area contributed by atoms with Crippen molar-refractivity contribution in [3.8, 4) is 5.75 Å². The molecular weight excluding hydrogens is 278 g/mol. The second-order valence-corrected chi connectivity index (χ2v) is 6.87. The molecule has 0 aliphatic rings. The van der Waals surface area contributed by atoms with Crippen molar-refractivity contribution in [2.75, 3.05) is 6.61 Å². The fourth-order valence-electron chi connectivity index (χ4n) is 2.23. The topological polar surface area (TPSA) is 21.3 Å². The Morgan fingerprint density at radius 3 is 2.81 bits per heavy atom. The highest BCUT2D eigenvalue weighted by Crippen LogP contribution is 2.17. The summed E-state index contributed by atoms with van der Waals surface area (Å²) in [5.74, 6) is 0.970. The van der Waals surface area contributed by atoms with Gasteiger partial charge >= 0.3 is 0 Å². The maximum atomic E-state index is 5.67. The fourth-order valence-corrected chi connectivity index (χ4v) is 3.25. The standard InChI is InChI=1S/C18H25NOS/c1-4-10-20-17-7-5-6-16(12-17)13-19-14(2)11-18-9-8-15(3)21-18/h5-9,12,14,19H,4,10-11,13H2,1-3H3. The summed E-state index contributed by atoms with van der Waals surface area (Å²) in [6.45, 7) is 8.19. The first-order valence-corrected chi connectivity index (χ1v) is 8.49. The minimum Gasteiger partial charge on any atom is -0.494 e. The Bertz CT molecular complexity index is 550. The van der Waals surface area contributed by atoms with Gasteiger partial charge in [-0.2, -0.15) is 0 Å². The van der Waals surface area contributed by atoms with Crippen molar-refractivity contribution in [1.29, 1.82) is 0 Å². The van der Waals surface area contributed by atoms with Crippen LogP contribution in [0.15, 0.2) is 36.4 Å². The number of rotatable bonds is 8. The second kappa shape index (κ2) is 8.20. The van der Waals surface area contributed by atoms with Gasteiger partial charge in [0.2, 0.25) is 0 Å². The Kier molecular flexibility index (Phi) is 6.27. The van der Waals surface area contributed by atoms with E-state index in [4.69, 9.17) is 4.74 Å². The minimum atomic E-state index is 0.475. The van der Waals surface area contributed by atoms with Crippen LogP contribution in [0.5, 0.6) is 5.75 Å². The predicted molar refractivity (Wildman–Crippen MR) is 91.3 cm³/mol. The predicted octanol–water partition coefficient (Wildman–Crippen LogP) is 4.57. The fraction of sp³-hybridized carbons (Fsp3) is 0.444. The molecule has 114 valence electrons. The van der Waals surface area contributed by atoms with Crippen molar-refractivity contribution in [2.24, 2.45) is 0 Å². The molecule has 1 atom stereocenters. The second-order valence-electron chi connectivity index (χ2n) is 5.49. The molecule has 0 aliphatic carbocycles. The summed E-state index contributed by atoms with van der Waals surface area (Å²) in [7, 11) is 0. The molecule has 2 rings (SSSR count). The molecule has 0 spiro atoms. The van der Waals surface area contributed by atoms with Crippen LogP contribution in [0.2, 0.25) is 0 Å². The van der Waals surface area contributed by atoms with Crippen molar-refractivity contribution in [3.05, 3.63) is 51.7 Å². The van der Waals surface area contributed by atoms with Crippen LogP contribution in [0.1, 0.15) is 35.6 Å². The zero-order valence-corrected chi connectivity index (χ0v) is 14.0. The van der Waals surface area contributed by atoms with E-state index in [9.17, 15) is 0 Å². The number of aryl methyl sites for hydroxylation is 1. The summed E-state index contributed by atoms with van der Waals surface area (Å²) in [4.78, 5) is 2.84. The van der Waals surface area contributed by atoms with E-state index in [1.165, 1.54) is 15.3 Å². The van der Waals surface area contributed by atoms with E-state index >= 15 is 0 Å². The molecule has 1 aromatic heterocycles. The summed E-state index contributed by atoms with van der Waals surface area (Å²) in [5, 5.41) is 3.59. The summed E-state index contributed by atoms with van der Waals surface area (Å²) >= 11 is 1.89. The molecular formula is C18H25NOS. The molecule has 1 heterocycles. The van der Waals surface area contributed by atoms with Gasteiger partial charge in [-0.3, -0.25) is 0 Å². The lowest BCUT2D eigenvalue weighted by Gasteiger charge is -2.13.